The Bertz CT molecular complexity index is 3680. The van der Waals surface area contributed by atoms with Crippen molar-refractivity contribution in [3.63, 3.8) is 0 Å². The molecular weight excluding hydrogens is 1520 g/mol. The van der Waals surface area contributed by atoms with Gasteiger partial charge in [0, 0.05) is 193 Å². The molecule has 0 aromatic carbocycles. The topological polar surface area (TPSA) is 400 Å². The summed E-state index contributed by atoms with van der Waals surface area (Å²) < 4.78 is 17.6. The number of piperazine rings is 6. The Hall–Kier alpha value is -10.2. The molecule has 3 amide bonds. The van der Waals surface area contributed by atoms with Crippen molar-refractivity contribution in [3.05, 3.63) is 161 Å². The maximum Gasteiger partial charge on any atom is 0.410 e. The zero-order valence-electron chi connectivity index (χ0n) is 65.8. The van der Waals surface area contributed by atoms with Gasteiger partial charge in [0.25, 0.3) is 0 Å². The van der Waals surface area contributed by atoms with Crippen molar-refractivity contribution in [2.75, 3.05) is 196 Å². The first kappa shape index (κ1) is 94.2. The van der Waals surface area contributed by atoms with Crippen molar-refractivity contribution in [3.8, 4) is 0 Å². The molecule has 37 nitrogen and oxygen atoms in total. The summed E-state index contributed by atoms with van der Waals surface area (Å²) in [4.78, 5) is 127. The molecule has 0 radical (unpaired) electrons. The number of pyridine rings is 6. The zero-order valence-corrected chi connectivity index (χ0v) is 68.2. The highest BCUT2D eigenvalue weighted by molar-refractivity contribution is 6.30. The molecule has 4 N–H and O–H groups in total. The molecule has 0 unspecified atom stereocenters. The lowest BCUT2D eigenvalue weighted by atomic mass is 10.2. The van der Waals surface area contributed by atoms with Gasteiger partial charge in [-0.3, -0.25) is 4.98 Å². The monoisotopic (exact) mass is 1620 g/mol. The van der Waals surface area contributed by atoms with Crippen molar-refractivity contribution >= 4 is 112 Å². The molecule has 0 aliphatic carbocycles. The molecule has 0 atom stereocenters. The molecule has 0 saturated carbocycles. The fourth-order valence-corrected chi connectivity index (χ4v) is 11.0. The average molecular weight is 1630 g/mol. The van der Waals surface area contributed by atoms with Gasteiger partial charge in [0.05, 0.1) is 39.7 Å². The number of ether oxygens (including phenoxy) is 3. The van der Waals surface area contributed by atoms with E-state index in [1.807, 2.05) is 98.5 Å². The van der Waals surface area contributed by atoms with Crippen LogP contribution in [0.25, 0.3) is 0 Å². The van der Waals surface area contributed by atoms with E-state index < -0.39 is 31.6 Å². The minimum absolute atomic E-state index is 0. The van der Waals surface area contributed by atoms with Gasteiger partial charge >= 0.3 is 47.4 Å². The summed E-state index contributed by atoms with van der Waals surface area (Å²) >= 11 is 5.43. The van der Waals surface area contributed by atoms with E-state index in [0.717, 1.165) is 135 Å². The van der Waals surface area contributed by atoms with Crippen LogP contribution in [0.5, 0.6) is 0 Å². The van der Waals surface area contributed by atoms with Gasteiger partial charge in [0.2, 0.25) is 0 Å². The van der Waals surface area contributed by atoms with Crippen molar-refractivity contribution in [2.24, 2.45) is 0 Å². The van der Waals surface area contributed by atoms with Gasteiger partial charge in [0.1, 0.15) is 30.9 Å². The highest BCUT2D eigenvalue weighted by atomic mass is 35.5. The quantitative estimate of drug-likeness (QED) is 0.0429. The molecule has 12 rings (SSSR count). The summed E-state index contributed by atoms with van der Waals surface area (Å²) in [6.07, 6.45) is 8.81. The second-order valence-electron chi connectivity index (χ2n) is 28.6. The second kappa shape index (κ2) is 46.6. The fourth-order valence-electron chi connectivity index (χ4n) is 10.8. The Morgan fingerprint density at radius 1 is 0.348 bits per heavy atom. The standard InChI is InChI=1S/C15H23N4O3.C15H23N3O2.C14H20N4O4.C10H15N4O.C9H12N4O2.C5H3ClN2O2.C4H10N2.2ClH/c1-15(2,3)22-14(20)19-9-7-18(8-10-19)12-5-6-13(16-11-12)17(4)21;1-12-5-6-13(11-16-12)17-7-9-18(10-8-17)14(19)20-15(2,3)4;1-14(2,3)22-13(19)17-8-6-16(7-9-17)11-4-5-12(15-10-11)18(20)21;1-13(15)10-3-2-9(8-12-10)14-6-4-11-5-7-14;14-13(15)9-2-1-8(7-11-9)12-5-3-10-4-6-12;6-4-1-2-5(7-3-4)8(9)10;1-2-6-4-3-5-1;;/h5-6,11H,7-10H2,1-4H3;5-6,11H,7-10H2,1-4H3;4-5,10H,6-9H2,1-3H3;2-3,8,11H,4-7H2,1H3;1-2,7,10H,3-6H2;1-3H;5-6H,1-4H2;2*1H/q+1;;;+1;;;;;. The van der Waals surface area contributed by atoms with Crippen LogP contribution in [0.3, 0.4) is 0 Å². The third-order valence-electron chi connectivity index (χ3n) is 16.6. The Morgan fingerprint density at radius 3 is 0.786 bits per heavy atom. The number of aryl methyl sites for hydroxylation is 1. The second-order valence-corrected chi connectivity index (χ2v) is 29.0. The minimum atomic E-state index is -0.573. The van der Waals surface area contributed by atoms with Crippen LogP contribution in [-0.2, 0) is 14.2 Å². The first-order chi connectivity index (χ1) is 52.1. The molecule has 40 heteroatoms. The summed E-state index contributed by atoms with van der Waals surface area (Å²) in [5.41, 5.74) is 4.51. The van der Waals surface area contributed by atoms with Crippen LogP contribution in [0.15, 0.2) is 110 Å². The summed E-state index contributed by atoms with van der Waals surface area (Å²) in [6.45, 7) is 39.0. The van der Waals surface area contributed by atoms with Crippen molar-refractivity contribution in [1.29, 1.82) is 0 Å². The van der Waals surface area contributed by atoms with Crippen molar-refractivity contribution < 1.29 is 52.9 Å². The summed E-state index contributed by atoms with van der Waals surface area (Å²) in [7, 11) is 2.87. The van der Waals surface area contributed by atoms with Crippen LogP contribution < -0.4 is 45.8 Å². The molecule has 614 valence electrons. The van der Waals surface area contributed by atoms with E-state index in [1.54, 1.807) is 57.6 Å². The van der Waals surface area contributed by atoms with Gasteiger partial charge in [-0.05, 0) is 161 Å². The normalized spacial score (nSPS) is 15.5. The predicted molar refractivity (Wildman–Crippen MR) is 434 cm³/mol. The molecule has 6 aromatic heterocycles. The van der Waals surface area contributed by atoms with E-state index in [4.69, 9.17) is 25.8 Å². The third kappa shape index (κ3) is 34.2. The number of nitrogens with one attached hydrogen (secondary N) is 4. The molecule has 0 spiro atoms. The SMILES string of the molecule is C1CNCCN1.CC(C)(C)OC(=O)N1CCN(c2ccc([N+](=O)[O-])nc2)CC1.C[N+](=O)c1ccc(N2CCN(C(=O)OC(C)(C)C)CC2)cn1.C[N+](=O)c1ccc(N2CCNCC2)cn1.Cc1ccc(N2CCN(C(=O)OC(C)(C)C)CC2)cn1.Cl.Cl.O=[N+]([O-])c1ccc(Cl)cn1.O=[N+]([O-])c1ccc(N2CCNCC2)cn1. The molecular formula is C72H108Cl3N23O14+2. The van der Waals surface area contributed by atoms with E-state index in [9.17, 15) is 54.5 Å². The molecule has 12 heterocycles. The fraction of sp³-hybridized carbons (Fsp3) is 0.542. The van der Waals surface area contributed by atoms with E-state index in [-0.39, 0.29) is 60.5 Å². The summed E-state index contributed by atoms with van der Waals surface area (Å²) in [6, 6.07) is 20.3. The van der Waals surface area contributed by atoms with Crippen molar-refractivity contribution in [1.82, 2.24) is 65.9 Å². The Balaban J connectivity index is 0.000000281. The first-order valence-electron chi connectivity index (χ1n) is 36.3. The number of nitrogens with zero attached hydrogens (tertiary/aromatic N) is 19. The first-order valence-corrected chi connectivity index (χ1v) is 36.6. The molecule has 6 aromatic rings. The number of hydrogen-bond acceptors (Lipinski definition) is 29. The number of anilines is 5. The maximum atomic E-state index is 12.0. The highest BCUT2D eigenvalue weighted by Gasteiger charge is 2.30. The molecule has 0 bridgehead atoms. The number of carbonyl (C=O) groups is 3. The van der Waals surface area contributed by atoms with Gasteiger partial charge < -0.3 is 105 Å². The summed E-state index contributed by atoms with van der Waals surface area (Å²) in [5, 5.41) is 44.4. The van der Waals surface area contributed by atoms with Crippen LogP contribution in [0.1, 0.15) is 68.0 Å². The van der Waals surface area contributed by atoms with Crippen LogP contribution in [0.4, 0.5) is 71.9 Å². The Morgan fingerprint density at radius 2 is 0.580 bits per heavy atom. The number of halogens is 3. The van der Waals surface area contributed by atoms with E-state index in [2.05, 4.69) is 76.8 Å². The number of hydrogen-bond donors (Lipinski definition) is 4. The van der Waals surface area contributed by atoms with Gasteiger partial charge in [-0.25, -0.2) is 14.4 Å². The molecule has 112 heavy (non-hydrogen) atoms. The van der Waals surface area contributed by atoms with Gasteiger partial charge in [-0.1, -0.05) is 21.4 Å². The highest BCUT2D eigenvalue weighted by Crippen LogP contribution is 2.24. The van der Waals surface area contributed by atoms with Gasteiger partial charge in [0.15, 0.2) is 31.0 Å². The molecule has 6 aliphatic heterocycles. The van der Waals surface area contributed by atoms with Gasteiger partial charge in [-0.15, -0.1) is 24.8 Å². The number of nitro groups is 3. The number of nitroso groups, excluding NO2 is 2. The summed E-state index contributed by atoms with van der Waals surface area (Å²) in [5.74, 6) is 0.374. The molecule has 6 aliphatic rings. The number of aromatic nitrogens is 6. The number of carbonyl (C=O) groups excluding carboxylic acids is 3. The van der Waals surface area contributed by atoms with E-state index in [0.29, 0.717) is 82.1 Å². The lowest BCUT2D eigenvalue weighted by Crippen LogP contribution is -2.50. The lowest BCUT2D eigenvalue weighted by Gasteiger charge is -2.36. The van der Waals surface area contributed by atoms with E-state index in [1.165, 1.54) is 50.8 Å². The molecule has 6 saturated heterocycles. The predicted octanol–water partition coefficient (Wildman–Crippen LogP) is 9.27. The zero-order chi connectivity index (χ0) is 80.6. The molecule has 6 fully saturated rings. The average Bonchev–Trinajstić information content (AvgIpc) is 0.846. The largest absolute Gasteiger partial charge is 0.444 e. The van der Waals surface area contributed by atoms with Crippen molar-refractivity contribution in [2.45, 2.75) is 86.0 Å². The number of amides is 3. The van der Waals surface area contributed by atoms with Crippen LogP contribution in [-0.4, -0.2) is 275 Å². The van der Waals surface area contributed by atoms with Crippen LogP contribution in [0, 0.1) is 47.1 Å². The lowest BCUT2D eigenvalue weighted by molar-refractivity contribution is -0.432. The van der Waals surface area contributed by atoms with Gasteiger partial charge in [-0.2, -0.15) is 0 Å². The Kier molecular flexibility index (Phi) is 39.2. The smallest absolute Gasteiger partial charge is 0.410 e. The maximum absolute atomic E-state index is 12.0. The van der Waals surface area contributed by atoms with Crippen LogP contribution in [0.2, 0.25) is 5.02 Å². The third-order valence-corrected chi connectivity index (χ3v) is 16.8. The Labute approximate surface area is 670 Å². The number of rotatable bonds is 10. The van der Waals surface area contributed by atoms with E-state index >= 15 is 0 Å². The van der Waals surface area contributed by atoms with Crippen LogP contribution >= 0.6 is 36.4 Å². The minimum Gasteiger partial charge on any atom is -0.444 e.